The van der Waals surface area contributed by atoms with Crippen molar-refractivity contribution in [1.82, 2.24) is 5.32 Å². The fourth-order valence-electron chi connectivity index (χ4n) is 2.37. The molecule has 0 radical (unpaired) electrons. The fraction of sp³-hybridized carbons (Fsp3) is 0.467. The van der Waals surface area contributed by atoms with Gasteiger partial charge in [-0.3, -0.25) is 9.59 Å². The molecule has 1 fully saturated rings. The van der Waals surface area contributed by atoms with E-state index < -0.39 is 6.04 Å². The largest absolute Gasteiger partial charge is 0.344 e. The maximum absolute atomic E-state index is 12.6. The van der Waals surface area contributed by atoms with E-state index in [0.717, 1.165) is 9.26 Å². The summed E-state index contributed by atoms with van der Waals surface area (Å²) >= 11 is 2.23. The first-order valence-electron chi connectivity index (χ1n) is 6.83. The van der Waals surface area contributed by atoms with E-state index in [1.54, 1.807) is 4.90 Å². The Morgan fingerprint density at radius 3 is 2.80 bits per heavy atom. The van der Waals surface area contributed by atoms with E-state index in [1.807, 2.05) is 24.3 Å². The predicted octanol–water partition coefficient (Wildman–Crippen LogP) is 2.56. The molecular formula is C15H19IN2O2. The Balaban J connectivity index is 2.27. The van der Waals surface area contributed by atoms with Gasteiger partial charge in [0.05, 0.1) is 0 Å². The topological polar surface area (TPSA) is 49.4 Å². The molecule has 1 saturated heterocycles. The second-order valence-electron chi connectivity index (χ2n) is 5.47. The molecule has 1 N–H and O–H groups in total. The first-order valence-corrected chi connectivity index (χ1v) is 7.91. The number of carbonyl (C=O) groups is 2. The van der Waals surface area contributed by atoms with Gasteiger partial charge in [0.1, 0.15) is 6.04 Å². The van der Waals surface area contributed by atoms with Crippen LogP contribution in [0.25, 0.3) is 0 Å². The molecule has 20 heavy (non-hydrogen) atoms. The quantitative estimate of drug-likeness (QED) is 0.812. The van der Waals surface area contributed by atoms with Crippen molar-refractivity contribution in [2.24, 2.45) is 5.92 Å². The van der Waals surface area contributed by atoms with Gasteiger partial charge in [-0.1, -0.05) is 19.9 Å². The average molecular weight is 386 g/mol. The summed E-state index contributed by atoms with van der Waals surface area (Å²) in [4.78, 5) is 26.1. The normalized spacial score (nSPS) is 20.0. The lowest BCUT2D eigenvalue weighted by atomic mass is 10.0. The number of rotatable bonds is 3. The van der Waals surface area contributed by atoms with Gasteiger partial charge in [0.15, 0.2) is 0 Å². The summed E-state index contributed by atoms with van der Waals surface area (Å²) < 4.78 is 1.08. The van der Waals surface area contributed by atoms with Crippen LogP contribution in [0.1, 0.15) is 26.7 Å². The zero-order valence-electron chi connectivity index (χ0n) is 11.7. The summed E-state index contributed by atoms with van der Waals surface area (Å²) in [5.74, 6) is 0.309. The maximum atomic E-state index is 12.6. The van der Waals surface area contributed by atoms with Gasteiger partial charge >= 0.3 is 0 Å². The number of carbonyl (C=O) groups excluding carboxylic acids is 2. The van der Waals surface area contributed by atoms with E-state index >= 15 is 0 Å². The predicted molar refractivity (Wildman–Crippen MR) is 87.5 cm³/mol. The number of halogens is 1. The van der Waals surface area contributed by atoms with Crippen molar-refractivity contribution in [1.29, 1.82) is 0 Å². The van der Waals surface area contributed by atoms with Crippen molar-refractivity contribution in [2.45, 2.75) is 32.7 Å². The van der Waals surface area contributed by atoms with Crippen LogP contribution in [0.15, 0.2) is 24.3 Å². The third kappa shape index (κ3) is 3.71. The maximum Gasteiger partial charge on any atom is 0.249 e. The third-order valence-corrected chi connectivity index (χ3v) is 3.96. The van der Waals surface area contributed by atoms with Crippen molar-refractivity contribution < 1.29 is 9.59 Å². The Kier molecular flexibility index (Phi) is 5.01. The summed E-state index contributed by atoms with van der Waals surface area (Å²) in [5, 5.41) is 2.84. The first kappa shape index (κ1) is 15.3. The van der Waals surface area contributed by atoms with E-state index in [9.17, 15) is 9.59 Å². The smallest absolute Gasteiger partial charge is 0.249 e. The monoisotopic (exact) mass is 386 g/mol. The highest BCUT2D eigenvalue weighted by atomic mass is 127. The second kappa shape index (κ2) is 6.56. The van der Waals surface area contributed by atoms with E-state index in [0.29, 0.717) is 25.3 Å². The Morgan fingerprint density at radius 2 is 2.15 bits per heavy atom. The van der Waals surface area contributed by atoms with Gasteiger partial charge in [0.2, 0.25) is 11.8 Å². The van der Waals surface area contributed by atoms with E-state index in [2.05, 4.69) is 41.8 Å². The first-order chi connectivity index (χ1) is 9.47. The third-order valence-electron chi connectivity index (χ3n) is 3.29. The van der Waals surface area contributed by atoms with Crippen LogP contribution in [0.2, 0.25) is 0 Å². The standard InChI is InChI=1S/C15H19IN2O2/c1-10(2)8-13-15(20)18(7-6-14(19)17-13)12-5-3-4-11(16)9-12/h3-5,9-10,13H,6-8H2,1-2H3,(H,17,19). The van der Waals surface area contributed by atoms with Crippen molar-refractivity contribution in [2.75, 3.05) is 11.4 Å². The van der Waals surface area contributed by atoms with Gasteiger partial charge in [-0.25, -0.2) is 0 Å². The SMILES string of the molecule is CC(C)CC1NC(=O)CCN(c2cccc(I)c2)C1=O. The molecule has 0 spiro atoms. The summed E-state index contributed by atoms with van der Waals surface area (Å²) in [6.07, 6.45) is 1.02. The molecule has 0 bridgehead atoms. The lowest BCUT2D eigenvalue weighted by Gasteiger charge is -2.25. The summed E-state index contributed by atoms with van der Waals surface area (Å²) in [6, 6.07) is 7.40. The Hall–Kier alpha value is -1.11. The molecule has 4 nitrogen and oxygen atoms in total. The lowest BCUT2D eigenvalue weighted by molar-refractivity contribution is -0.125. The van der Waals surface area contributed by atoms with Gasteiger partial charge in [-0.15, -0.1) is 0 Å². The number of nitrogens with zero attached hydrogens (tertiary/aromatic N) is 1. The van der Waals surface area contributed by atoms with Gasteiger partial charge in [-0.2, -0.15) is 0 Å². The molecule has 2 rings (SSSR count). The fourth-order valence-corrected chi connectivity index (χ4v) is 2.90. The average Bonchev–Trinajstić information content (AvgIpc) is 2.49. The molecular weight excluding hydrogens is 367 g/mol. The van der Waals surface area contributed by atoms with Crippen LogP contribution in [0.5, 0.6) is 0 Å². The van der Waals surface area contributed by atoms with Gasteiger partial charge in [-0.05, 0) is 53.1 Å². The summed E-state index contributed by atoms with van der Waals surface area (Å²) in [6.45, 7) is 4.56. The van der Waals surface area contributed by atoms with Crippen LogP contribution in [0, 0.1) is 9.49 Å². The zero-order valence-corrected chi connectivity index (χ0v) is 13.9. The molecule has 1 aliphatic heterocycles. The van der Waals surface area contributed by atoms with Crippen LogP contribution >= 0.6 is 22.6 Å². The minimum Gasteiger partial charge on any atom is -0.344 e. The van der Waals surface area contributed by atoms with Crippen molar-refractivity contribution in [3.05, 3.63) is 27.8 Å². The van der Waals surface area contributed by atoms with Crippen molar-refractivity contribution in [3.63, 3.8) is 0 Å². The van der Waals surface area contributed by atoms with E-state index in [-0.39, 0.29) is 11.8 Å². The molecule has 5 heteroatoms. The molecule has 0 saturated carbocycles. The number of benzene rings is 1. The number of hydrogen-bond donors (Lipinski definition) is 1. The van der Waals surface area contributed by atoms with Gasteiger partial charge in [0, 0.05) is 22.2 Å². The van der Waals surface area contributed by atoms with Crippen LogP contribution < -0.4 is 10.2 Å². The van der Waals surface area contributed by atoms with Crippen molar-refractivity contribution >= 4 is 40.1 Å². The Morgan fingerprint density at radius 1 is 1.40 bits per heavy atom. The van der Waals surface area contributed by atoms with Crippen LogP contribution in [0.3, 0.4) is 0 Å². The van der Waals surface area contributed by atoms with Gasteiger partial charge in [0.25, 0.3) is 0 Å². The minimum absolute atomic E-state index is 0.00782. The van der Waals surface area contributed by atoms with E-state index in [4.69, 9.17) is 0 Å². The van der Waals surface area contributed by atoms with Crippen LogP contribution in [0.4, 0.5) is 5.69 Å². The number of anilines is 1. The van der Waals surface area contributed by atoms with E-state index in [1.165, 1.54) is 0 Å². The molecule has 2 amide bonds. The molecule has 1 atom stereocenters. The van der Waals surface area contributed by atoms with Crippen molar-refractivity contribution in [3.8, 4) is 0 Å². The lowest BCUT2D eigenvalue weighted by Crippen LogP contribution is -2.45. The Labute approximate surface area is 133 Å². The zero-order chi connectivity index (χ0) is 14.7. The Bertz CT molecular complexity index is 516. The molecule has 1 unspecified atom stereocenters. The van der Waals surface area contributed by atoms with Gasteiger partial charge < -0.3 is 10.2 Å². The molecule has 1 heterocycles. The highest BCUT2D eigenvalue weighted by molar-refractivity contribution is 14.1. The number of amides is 2. The molecule has 1 aromatic carbocycles. The number of nitrogens with one attached hydrogen (secondary N) is 1. The number of hydrogen-bond acceptors (Lipinski definition) is 2. The minimum atomic E-state index is -0.414. The van der Waals surface area contributed by atoms with Crippen LogP contribution in [-0.2, 0) is 9.59 Å². The summed E-state index contributed by atoms with van der Waals surface area (Å²) in [7, 11) is 0. The molecule has 0 aliphatic carbocycles. The van der Waals surface area contributed by atoms with Crippen LogP contribution in [-0.4, -0.2) is 24.4 Å². The molecule has 1 aromatic rings. The molecule has 0 aromatic heterocycles. The summed E-state index contributed by atoms with van der Waals surface area (Å²) in [5.41, 5.74) is 0.868. The molecule has 108 valence electrons. The molecule has 1 aliphatic rings. The highest BCUT2D eigenvalue weighted by Gasteiger charge is 2.31. The second-order valence-corrected chi connectivity index (χ2v) is 6.72. The highest BCUT2D eigenvalue weighted by Crippen LogP contribution is 2.21.